The number of urea groups is 1. The van der Waals surface area contributed by atoms with Crippen molar-refractivity contribution in [2.45, 2.75) is 19.4 Å². The highest BCUT2D eigenvalue weighted by atomic mass is 16.4. The summed E-state index contributed by atoms with van der Waals surface area (Å²) in [6, 6.07) is -0.194. The minimum atomic E-state index is -0.844. The third-order valence-corrected chi connectivity index (χ3v) is 2.44. The first-order chi connectivity index (χ1) is 8.59. The van der Waals surface area contributed by atoms with Crippen molar-refractivity contribution < 1.29 is 14.7 Å². The zero-order valence-corrected chi connectivity index (χ0v) is 10.4. The van der Waals surface area contributed by atoms with E-state index in [1.165, 1.54) is 4.90 Å². The molecule has 0 bridgehead atoms. The van der Waals surface area contributed by atoms with Gasteiger partial charge in [0, 0.05) is 45.5 Å². The minimum absolute atomic E-state index is 0.0760. The van der Waals surface area contributed by atoms with Crippen molar-refractivity contribution in [1.82, 2.24) is 19.8 Å². The van der Waals surface area contributed by atoms with Crippen molar-refractivity contribution in [3.8, 4) is 0 Å². The Bertz CT molecular complexity index is 378. The molecule has 7 nitrogen and oxygen atoms in total. The number of rotatable bonds is 7. The zero-order chi connectivity index (χ0) is 13.4. The number of carbonyl (C=O) groups excluding carboxylic acids is 1. The summed E-state index contributed by atoms with van der Waals surface area (Å²) >= 11 is 0. The van der Waals surface area contributed by atoms with Gasteiger partial charge in [0.25, 0.3) is 0 Å². The number of carboxylic acids is 1. The Kier molecular flexibility index (Phi) is 5.69. The lowest BCUT2D eigenvalue weighted by molar-refractivity contribution is -0.137. The van der Waals surface area contributed by atoms with Crippen LogP contribution in [0.15, 0.2) is 18.7 Å². The van der Waals surface area contributed by atoms with Gasteiger partial charge in [-0.3, -0.25) is 4.79 Å². The van der Waals surface area contributed by atoms with Crippen LogP contribution in [-0.4, -0.2) is 51.7 Å². The van der Waals surface area contributed by atoms with Crippen molar-refractivity contribution in [2.75, 3.05) is 20.1 Å². The Hall–Kier alpha value is -2.05. The summed E-state index contributed by atoms with van der Waals surface area (Å²) in [6.45, 7) is 1.61. The molecule has 0 aliphatic rings. The van der Waals surface area contributed by atoms with Crippen LogP contribution in [0, 0.1) is 0 Å². The second-order valence-corrected chi connectivity index (χ2v) is 3.95. The third kappa shape index (κ3) is 5.33. The van der Waals surface area contributed by atoms with E-state index in [1.54, 1.807) is 19.6 Å². The maximum absolute atomic E-state index is 11.6. The van der Waals surface area contributed by atoms with E-state index >= 15 is 0 Å². The lowest BCUT2D eigenvalue weighted by Gasteiger charge is -2.17. The van der Waals surface area contributed by atoms with Gasteiger partial charge >= 0.3 is 12.0 Å². The molecule has 0 aliphatic carbocycles. The van der Waals surface area contributed by atoms with Crippen LogP contribution in [0.5, 0.6) is 0 Å². The summed E-state index contributed by atoms with van der Waals surface area (Å²) in [5, 5.41) is 11.2. The summed E-state index contributed by atoms with van der Waals surface area (Å²) in [5.41, 5.74) is 0. The Morgan fingerprint density at radius 3 is 2.89 bits per heavy atom. The normalized spacial score (nSPS) is 10.1. The monoisotopic (exact) mass is 254 g/mol. The van der Waals surface area contributed by atoms with E-state index in [9.17, 15) is 9.59 Å². The number of aliphatic carboxylic acids is 1. The molecule has 100 valence electrons. The van der Waals surface area contributed by atoms with Gasteiger partial charge in [0.1, 0.15) is 0 Å². The number of nitrogens with zero attached hydrogens (tertiary/aromatic N) is 3. The summed E-state index contributed by atoms with van der Waals surface area (Å²) in [6.07, 6.45) is 5.72. The number of hydrogen-bond donors (Lipinski definition) is 2. The highest BCUT2D eigenvalue weighted by Crippen LogP contribution is 1.93. The van der Waals surface area contributed by atoms with Gasteiger partial charge in [-0.05, 0) is 6.42 Å². The van der Waals surface area contributed by atoms with Crippen molar-refractivity contribution in [1.29, 1.82) is 0 Å². The first-order valence-corrected chi connectivity index (χ1v) is 5.76. The summed E-state index contributed by atoms with van der Waals surface area (Å²) in [4.78, 5) is 27.3. The molecule has 18 heavy (non-hydrogen) atoms. The summed E-state index contributed by atoms with van der Waals surface area (Å²) < 4.78 is 1.87. The van der Waals surface area contributed by atoms with Crippen molar-refractivity contribution in [2.24, 2.45) is 0 Å². The van der Waals surface area contributed by atoms with Crippen molar-refractivity contribution in [3.63, 3.8) is 0 Å². The van der Waals surface area contributed by atoms with Gasteiger partial charge in [-0.15, -0.1) is 0 Å². The van der Waals surface area contributed by atoms with E-state index in [1.807, 2.05) is 10.8 Å². The molecule has 0 unspecified atom stereocenters. The van der Waals surface area contributed by atoms with E-state index in [2.05, 4.69) is 10.3 Å². The smallest absolute Gasteiger partial charge is 0.317 e. The number of hydrogen-bond acceptors (Lipinski definition) is 3. The Morgan fingerprint density at radius 1 is 1.50 bits per heavy atom. The van der Waals surface area contributed by atoms with E-state index in [4.69, 9.17) is 5.11 Å². The second kappa shape index (κ2) is 7.31. The fourth-order valence-electron chi connectivity index (χ4n) is 1.41. The fraction of sp³-hybridized carbons (Fsp3) is 0.545. The van der Waals surface area contributed by atoms with E-state index < -0.39 is 5.97 Å². The van der Waals surface area contributed by atoms with E-state index in [-0.39, 0.29) is 12.5 Å². The van der Waals surface area contributed by atoms with Gasteiger partial charge in [-0.2, -0.15) is 0 Å². The number of amides is 2. The predicted molar refractivity (Wildman–Crippen MR) is 65.1 cm³/mol. The Morgan fingerprint density at radius 2 is 2.28 bits per heavy atom. The summed E-state index contributed by atoms with van der Waals surface area (Å²) in [5.74, 6) is -0.844. The molecule has 1 aromatic rings. The minimum Gasteiger partial charge on any atom is -0.481 e. The number of carbonyl (C=O) groups is 2. The Labute approximate surface area is 105 Å². The van der Waals surface area contributed by atoms with Crippen LogP contribution in [0.3, 0.4) is 0 Å². The molecule has 1 rings (SSSR count). The van der Waals surface area contributed by atoms with Gasteiger partial charge in [-0.1, -0.05) is 0 Å². The van der Waals surface area contributed by atoms with Crippen LogP contribution in [0.25, 0.3) is 0 Å². The van der Waals surface area contributed by atoms with Gasteiger partial charge in [-0.25, -0.2) is 9.78 Å². The lowest BCUT2D eigenvalue weighted by Crippen LogP contribution is -2.39. The number of carboxylic acid groups (broad SMARTS) is 1. The van der Waals surface area contributed by atoms with Crippen LogP contribution in [-0.2, 0) is 11.3 Å². The molecule has 0 aromatic carbocycles. The number of aromatic nitrogens is 2. The zero-order valence-electron chi connectivity index (χ0n) is 10.4. The molecule has 0 spiro atoms. The average molecular weight is 254 g/mol. The molecule has 0 atom stereocenters. The first-order valence-electron chi connectivity index (χ1n) is 5.76. The van der Waals surface area contributed by atoms with E-state index in [0.29, 0.717) is 26.1 Å². The van der Waals surface area contributed by atoms with Gasteiger partial charge in [0.15, 0.2) is 0 Å². The molecular weight excluding hydrogens is 236 g/mol. The van der Waals surface area contributed by atoms with Crippen LogP contribution in [0.4, 0.5) is 4.79 Å². The lowest BCUT2D eigenvalue weighted by atomic mass is 10.3. The number of nitrogens with one attached hydrogen (secondary N) is 1. The van der Waals surface area contributed by atoms with Gasteiger partial charge in [0.05, 0.1) is 6.33 Å². The largest absolute Gasteiger partial charge is 0.481 e. The third-order valence-electron chi connectivity index (χ3n) is 2.44. The van der Waals surface area contributed by atoms with Crippen molar-refractivity contribution >= 4 is 12.0 Å². The van der Waals surface area contributed by atoms with Crippen LogP contribution in [0.1, 0.15) is 12.8 Å². The highest BCUT2D eigenvalue weighted by Gasteiger charge is 2.07. The molecule has 0 saturated heterocycles. The number of imidazole rings is 1. The molecule has 0 aliphatic heterocycles. The molecule has 0 fully saturated rings. The maximum atomic E-state index is 11.6. The van der Waals surface area contributed by atoms with Crippen LogP contribution < -0.4 is 5.32 Å². The Balaban J connectivity index is 2.13. The molecule has 0 radical (unpaired) electrons. The standard InChI is InChI=1S/C11H18N4O3/c1-14(6-2-3-10(16)17)11(18)13-5-8-15-7-4-12-9-15/h4,7,9H,2-3,5-6,8H2,1H3,(H,13,18)(H,16,17). The molecule has 1 aromatic heterocycles. The van der Waals surface area contributed by atoms with Gasteiger partial charge in [0.2, 0.25) is 0 Å². The molecular formula is C11H18N4O3. The molecule has 2 N–H and O–H groups in total. The molecule has 1 heterocycles. The second-order valence-electron chi connectivity index (χ2n) is 3.95. The molecule has 2 amide bonds. The molecule has 7 heteroatoms. The summed E-state index contributed by atoms with van der Waals surface area (Å²) in [7, 11) is 1.65. The predicted octanol–water partition coefficient (Wildman–Crippen LogP) is 0.389. The average Bonchev–Trinajstić information content (AvgIpc) is 2.81. The van der Waals surface area contributed by atoms with Gasteiger partial charge < -0.3 is 19.9 Å². The highest BCUT2D eigenvalue weighted by molar-refractivity contribution is 5.73. The van der Waals surface area contributed by atoms with Crippen LogP contribution in [0.2, 0.25) is 0 Å². The SMILES string of the molecule is CN(CCCC(=O)O)C(=O)NCCn1ccnc1. The fourth-order valence-corrected chi connectivity index (χ4v) is 1.41. The quantitative estimate of drug-likeness (QED) is 0.736. The topological polar surface area (TPSA) is 87.5 Å². The van der Waals surface area contributed by atoms with Crippen LogP contribution >= 0.6 is 0 Å². The van der Waals surface area contributed by atoms with Crippen molar-refractivity contribution in [3.05, 3.63) is 18.7 Å². The first kappa shape index (κ1) is 14.0. The molecule has 0 saturated carbocycles. The van der Waals surface area contributed by atoms with E-state index in [0.717, 1.165) is 0 Å². The maximum Gasteiger partial charge on any atom is 0.317 e.